The Kier molecular flexibility index (Phi) is 4.02. The number of benzene rings is 1. The molecule has 0 saturated carbocycles. The Balaban J connectivity index is 2.18. The molecule has 0 N–H and O–H groups in total. The molecule has 0 radical (unpaired) electrons. The van der Waals surface area contributed by atoms with Crippen molar-refractivity contribution in [2.75, 3.05) is 13.2 Å². The summed E-state index contributed by atoms with van der Waals surface area (Å²) in [6.45, 7) is 3.61. The molecule has 0 spiro atoms. The summed E-state index contributed by atoms with van der Waals surface area (Å²) in [6, 6.07) is 11.2. The zero-order valence-electron chi connectivity index (χ0n) is 13.0. The Labute approximate surface area is 133 Å². The lowest BCUT2D eigenvalue weighted by Crippen LogP contribution is -2.07. The van der Waals surface area contributed by atoms with E-state index in [1.165, 1.54) is 6.92 Å². The number of ketones is 1. The van der Waals surface area contributed by atoms with Gasteiger partial charge in [0.2, 0.25) is 0 Å². The van der Waals surface area contributed by atoms with Crippen LogP contribution in [0.15, 0.2) is 42.6 Å². The average Bonchev–Trinajstić information content (AvgIpc) is 2.87. The number of esters is 1. The first-order valence-corrected chi connectivity index (χ1v) is 7.44. The van der Waals surface area contributed by atoms with Gasteiger partial charge < -0.3 is 13.9 Å². The molecule has 5 heteroatoms. The number of rotatable bonds is 5. The second-order valence-corrected chi connectivity index (χ2v) is 5.22. The summed E-state index contributed by atoms with van der Waals surface area (Å²) in [7, 11) is 0. The van der Waals surface area contributed by atoms with Crippen LogP contribution >= 0.6 is 0 Å². The smallest absolute Gasteiger partial charge is 0.340 e. The number of nitrogens with zero attached hydrogens (tertiary/aromatic N) is 1. The average molecular weight is 311 g/mol. The summed E-state index contributed by atoms with van der Waals surface area (Å²) >= 11 is 0. The fraction of sp³-hybridized carbons (Fsp3) is 0.222. The third-order valence-corrected chi connectivity index (χ3v) is 3.53. The van der Waals surface area contributed by atoms with E-state index in [1.54, 1.807) is 19.2 Å². The van der Waals surface area contributed by atoms with Gasteiger partial charge in [0, 0.05) is 5.39 Å². The van der Waals surface area contributed by atoms with Crippen LogP contribution in [0.25, 0.3) is 16.4 Å². The minimum Gasteiger partial charge on any atom is -0.484 e. The highest BCUT2D eigenvalue weighted by molar-refractivity contribution is 6.11. The lowest BCUT2D eigenvalue weighted by atomic mass is 10.1. The molecule has 0 amide bonds. The van der Waals surface area contributed by atoms with Gasteiger partial charge in [-0.3, -0.25) is 4.79 Å². The molecule has 1 aromatic carbocycles. The lowest BCUT2D eigenvalue weighted by Gasteiger charge is -2.06. The molecule has 5 nitrogen and oxygen atoms in total. The van der Waals surface area contributed by atoms with Crippen molar-refractivity contribution in [3.05, 3.63) is 48.2 Å². The van der Waals surface area contributed by atoms with Crippen molar-refractivity contribution in [2.24, 2.45) is 0 Å². The topological polar surface area (TPSA) is 57.0 Å². The summed E-state index contributed by atoms with van der Waals surface area (Å²) in [5, 5.41) is 0.828. The maximum atomic E-state index is 12.3. The summed E-state index contributed by atoms with van der Waals surface area (Å²) in [6.07, 6.45) is 1.78. The maximum absolute atomic E-state index is 12.3. The van der Waals surface area contributed by atoms with Crippen molar-refractivity contribution >= 4 is 28.2 Å². The number of hydrogen-bond acceptors (Lipinski definition) is 4. The molecular formula is C18H17NO4. The summed E-state index contributed by atoms with van der Waals surface area (Å²) < 4.78 is 12.5. The van der Waals surface area contributed by atoms with Gasteiger partial charge in [-0.25, -0.2) is 4.79 Å². The van der Waals surface area contributed by atoms with E-state index in [0.29, 0.717) is 17.9 Å². The van der Waals surface area contributed by atoms with Gasteiger partial charge in [0.1, 0.15) is 12.4 Å². The number of hydrogen-bond donors (Lipinski definition) is 0. The van der Waals surface area contributed by atoms with Crippen LogP contribution in [0.5, 0.6) is 5.75 Å². The molecule has 118 valence electrons. The van der Waals surface area contributed by atoms with Crippen molar-refractivity contribution in [1.29, 1.82) is 0 Å². The van der Waals surface area contributed by atoms with E-state index < -0.39 is 0 Å². The van der Waals surface area contributed by atoms with Crippen LogP contribution in [0.2, 0.25) is 0 Å². The van der Waals surface area contributed by atoms with E-state index in [-0.39, 0.29) is 18.4 Å². The molecule has 0 fully saturated rings. The quantitative estimate of drug-likeness (QED) is 0.679. The minimum atomic E-state index is -0.344. The van der Waals surface area contributed by atoms with Gasteiger partial charge in [0.15, 0.2) is 5.78 Å². The number of pyridine rings is 1. The Morgan fingerprint density at radius 2 is 1.87 bits per heavy atom. The Morgan fingerprint density at radius 1 is 1.09 bits per heavy atom. The molecule has 2 heterocycles. The summed E-state index contributed by atoms with van der Waals surface area (Å²) in [4.78, 5) is 23.4. The molecule has 23 heavy (non-hydrogen) atoms. The predicted octanol–water partition coefficient (Wildman–Crippen LogP) is 3.24. The molecule has 0 aliphatic carbocycles. The van der Waals surface area contributed by atoms with Crippen molar-refractivity contribution in [2.45, 2.75) is 13.8 Å². The van der Waals surface area contributed by atoms with Crippen LogP contribution in [-0.2, 0) is 9.53 Å². The van der Waals surface area contributed by atoms with E-state index in [9.17, 15) is 9.59 Å². The van der Waals surface area contributed by atoms with E-state index >= 15 is 0 Å². The molecule has 0 bridgehead atoms. The van der Waals surface area contributed by atoms with Gasteiger partial charge in [-0.15, -0.1) is 0 Å². The van der Waals surface area contributed by atoms with E-state index in [0.717, 1.165) is 16.4 Å². The Hall–Kier alpha value is -2.82. The Bertz CT molecular complexity index is 895. The first-order chi connectivity index (χ1) is 11.1. The highest BCUT2D eigenvalue weighted by Gasteiger charge is 2.19. The SMILES string of the molecule is CCOC(=O)c1c2ccccc2n2cc(OCC(C)=O)ccc12. The molecule has 0 aliphatic rings. The van der Waals surface area contributed by atoms with Gasteiger partial charge in [-0.1, -0.05) is 18.2 Å². The van der Waals surface area contributed by atoms with Gasteiger partial charge >= 0.3 is 5.97 Å². The second kappa shape index (κ2) is 6.12. The normalized spacial score (nSPS) is 10.9. The molecule has 3 aromatic rings. The number of carbonyl (C=O) groups excluding carboxylic acids is 2. The van der Waals surface area contributed by atoms with Crippen LogP contribution < -0.4 is 4.74 Å². The number of Topliss-reactive ketones (excluding diaryl/α,β-unsaturated/α-hetero) is 1. The van der Waals surface area contributed by atoms with Crippen LogP contribution in [0, 0.1) is 0 Å². The van der Waals surface area contributed by atoms with Gasteiger partial charge in [0.05, 0.1) is 29.4 Å². The fourth-order valence-electron chi connectivity index (χ4n) is 2.61. The van der Waals surface area contributed by atoms with Crippen LogP contribution in [-0.4, -0.2) is 29.4 Å². The van der Waals surface area contributed by atoms with Crippen LogP contribution in [0.3, 0.4) is 0 Å². The zero-order valence-corrected chi connectivity index (χ0v) is 13.0. The third kappa shape index (κ3) is 2.77. The zero-order chi connectivity index (χ0) is 16.4. The van der Waals surface area contributed by atoms with Crippen LogP contribution in [0.1, 0.15) is 24.2 Å². The number of aromatic nitrogens is 1. The molecule has 0 atom stereocenters. The van der Waals surface area contributed by atoms with Gasteiger partial charge in [-0.2, -0.15) is 0 Å². The lowest BCUT2D eigenvalue weighted by molar-refractivity contribution is -0.118. The molecule has 0 saturated heterocycles. The molecule has 0 aliphatic heterocycles. The van der Waals surface area contributed by atoms with E-state index in [1.807, 2.05) is 34.7 Å². The molecule has 3 rings (SSSR count). The van der Waals surface area contributed by atoms with Crippen molar-refractivity contribution < 1.29 is 19.1 Å². The van der Waals surface area contributed by atoms with Gasteiger partial charge in [0.25, 0.3) is 0 Å². The molecule has 0 unspecified atom stereocenters. The standard InChI is InChI=1S/C18H17NO4/c1-3-22-18(21)17-14-6-4-5-7-15(14)19-10-13(8-9-16(17)19)23-11-12(2)20/h4-10H,3,11H2,1-2H3. The predicted molar refractivity (Wildman–Crippen MR) is 87.0 cm³/mol. The van der Waals surface area contributed by atoms with Crippen LogP contribution in [0.4, 0.5) is 0 Å². The first kappa shape index (κ1) is 15.1. The van der Waals surface area contributed by atoms with Crippen molar-refractivity contribution in [3.63, 3.8) is 0 Å². The van der Waals surface area contributed by atoms with Gasteiger partial charge in [-0.05, 0) is 32.0 Å². The summed E-state index contributed by atoms with van der Waals surface area (Å²) in [5.41, 5.74) is 2.18. The number of carbonyl (C=O) groups is 2. The Morgan fingerprint density at radius 3 is 2.61 bits per heavy atom. The van der Waals surface area contributed by atoms with Crippen molar-refractivity contribution in [1.82, 2.24) is 4.40 Å². The third-order valence-electron chi connectivity index (χ3n) is 3.53. The molecule has 2 aromatic heterocycles. The second-order valence-electron chi connectivity index (χ2n) is 5.22. The highest BCUT2D eigenvalue weighted by Crippen LogP contribution is 2.29. The summed E-state index contributed by atoms with van der Waals surface area (Å²) in [5.74, 6) is 0.183. The highest BCUT2D eigenvalue weighted by atomic mass is 16.5. The number of ether oxygens (including phenoxy) is 2. The molecular weight excluding hydrogens is 294 g/mol. The monoisotopic (exact) mass is 311 g/mol. The van der Waals surface area contributed by atoms with Crippen molar-refractivity contribution in [3.8, 4) is 5.75 Å². The largest absolute Gasteiger partial charge is 0.484 e. The number of para-hydroxylation sites is 1. The fourth-order valence-corrected chi connectivity index (χ4v) is 2.61. The van der Waals surface area contributed by atoms with E-state index in [2.05, 4.69) is 0 Å². The maximum Gasteiger partial charge on any atom is 0.340 e. The minimum absolute atomic E-state index is 0.0233. The van der Waals surface area contributed by atoms with E-state index in [4.69, 9.17) is 9.47 Å². The first-order valence-electron chi connectivity index (χ1n) is 7.44. The number of fused-ring (bicyclic) bond motifs is 3.